The molecule has 0 aliphatic carbocycles. The Morgan fingerprint density at radius 3 is 2.60 bits per heavy atom. The lowest BCUT2D eigenvalue weighted by Crippen LogP contribution is -2.30. The van der Waals surface area contributed by atoms with Gasteiger partial charge in [0, 0.05) is 19.2 Å². The second-order valence-corrected chi connectivity index (χ2v) is 6.73. The van der Waals surface area contributed by atoms with Gasteiger partial charge in [-0.1, -0.05) is 24.3 Å². The molecular weight excluding hydrogens is 351 g/mol. The molecule has 0 heterocycles. The topological polar surface area (TPSA) is 119 Å². The molecule has 0 bridgehead atoms. The van der Waals surface area contributed by atoms with Gasteiger partial charge in [-0.2, -0.15) is 0 Å². The molecule has 25 heavy (non-hydrogen) atoms. The number of aromatic hydroxyl groups is 1. The number of sulfonamides is 1. The van der Waals surface area contributed by atoms with E-state index in [1.54, 1.807) is 18.2 Å². The molecule has 1 atom stereocenters. The van der Waals surface area contributed by atoms with Gasteiger partial charge < -0.3 is 15.2 Å². The van der Waals surface area contributed by atoms with Crippen LogP contribution in [0, 0.1) is 5.82 Å². The second-order valence-electron chi connectivity index (χ2n) is 5.20. The molecule has 9 heteroatoms. The van der Waals surface area contributed by atoms with Crippen LogP contribution in [0.2, 0.25) is 0 Å². The third kappa shape index (κ3) is 4.53. The standard InChI is InChI=1S/C16H17FN2O5S/c1-24-15(11-4-2-3-5-13(11)20)16(21)19-9-10-6-7-12(17)14(8-10)25(18,22)23/h2-8,15,20H,9H2,1H3,(H,19,21)(H2,18,22,23). The van der Waals surface area contributed by atoms with Crippen molar-refractivity contribution in [2.45, 2.75) is 17.5 Å². The molecule has 0 aromatic heterocycles. The van der Waals surface area contributed by atoms with E-state index in [4.69, 9.17) is 9.88 Å². The number of hydrogen-bond donors (Lipinski definition) is 3. The van der Waals surface area contributed by atoms with E-state index in [-0.39, 0.29) is 17.9 Å². The smallest absolute Gasteiger partial charge is 0.254 e. The van der Waals surface area contributed by atoms with Gasteiger partial charge in [-0.3, -0.25) is 4.79 Å². The highest BCUT2D eigenvalue weighted by Gasteiger charge is 2.23. The van der Waals surface area contributed by atoms with Crippen molar-refractivity contribution >= 4 is 15.9 Å². The average molecular weight is 368 g/mol. The van der Waals surface area contributed by atoms with Crippen molar-refractivity contribution in [3.05, 3.63) is 59.4 Å². The summed E-state index contributed by atoms with van der Waals surface area (Å²) in [5, 5.41) is 17.3. The van der Waals surface area contributed by atoms with Crippen LogP contribution < -0.4 is 10.5 Å². The van der Waals surface area contributed by atoms with Gasteiger partial charge in [-0.15, -0.1) is 0 Å². The van der Waals surface area contributed by atoms with Crippen LogP contribution in [0.3, 0.4) is 0 Å². The Balaban J connectivity index is 2.15. The summed E-state index contributed by atoms with van der Waals surface area (Å²) < 4.78 is 41.3. The van der Waals surface area contributed by atoms with Crippen molar-refractivity contribution in [1.82, 2.24) is 5.32 Å². The number of nitrogens with one attached hydrogen (secondary N) is 1. The first-order chi connectivity index (χ1) is 11.7. The summed E-state index contributed by atoms with van der Waals surface area (Å²) in [7, 11) is -2.90. The van der Waals surface area contributed by atoms with Crippen LogP contribution in [0.25, 0.3) is 0 Å². The number of benzene rings is 2. The SMILES string of the molecule is COC(C(=O)NCc1ccc(F)c(S(N)(=O)=O)c1)c1ccccc1O. The number of nitrogens with two attached hydrogens (primary N) is 1. The Morgan fingerprint density at radius 1 is 1.32 bits per heavy atom. The number of methoxy groups -OCH3 is 1. The molecule has 0 saturated heterocycles. The lowest BCUT2D eigenvalue weighted by Gasteiger charge is -2.17. The van der Waals surface area contributed by atoms with Crippen LogP contribution in [0.1, 0.15) is 17.2 Å². The third-order valence-corrected chi connectivity index (χ3v) is 4.39. The van der Waals surface area contributed by atoms with Crippen molar-refractivity contribution in [1.29, 1.82) is 0 Å². The quantitative estimate of drug-likeness (QED) is 0.707. The summed E-state index contributed by atoms with van der Waals surface area (Å²) in [6.07, 6.45) is -1.06. The first-order valence-corrected chi connectivity index (χ1v) is 8.68. The molecule has 1 amide bonds. The molecule has 2 rings (SSSR count). The fraction of sp³-hybridized carbons (Fsp3) is 0.188. The number of phenolic OH excluding ortho intramolecular Hbond substituents is 1. The van der Waals surface area contributed by atoms with Crippen LogP contribution in [-0.4, -0.2) is 26.5 Å². The first kappa shape index (κ1) is 18.8. The summed E-state index contributed by atoms with van der Waals surface area (Å²) in [6, 6.07) is 9.55. The molecule has 0 radical (unpaired) electrons. The largest absolute Gasteiger partial charge is 0.508 e. The third-order valence-electron chi connectivity index (χ3n) is 3.46. The highest BCUT2D eigenvalue weighted by molar-refractivity contribution is 7.89. The van der Waals surface area contributed by atoms with Crippen molar-refractivity contribution in [2.75, 3.05) is 7.11 Å². The molecule has 0 fully saturated rings. The van der Waals surface area contributed by atoms with Crippen LogP contribution in [0.15, 0.2) is 47.4 Å². The second kappa shape index (κ2) is 7.60. The molecule has 2 aromatic carbocycles. The lowest BCUT2D eigenvalue weighted by atomic mass is 10.1. The predicted octanol–water partition coefficient (Wildman–Crippen LogP) is 1.18. The van der Waals surface area contributed by atoms with Crippen LogP contribution in [-0.2, 0) is 26.1 Å². The lowest BCUT2D eigenvalue weighted by molar-refractivity contribution is -0.131. The van der Waals surface area contributed by atoms with Gasteiger partial charge in [0.15, 0.2) is 6.10 Å². The van der Waals surface area contributed by atoms with Gasteiger partial charge in [0.25, 0.3) is 5.91 Å². The Bertz CT molecular complexity index is 886. The Kier molecular flexibility index (Phi) is 5.73. The highest BCUT2D eigenvalue weighted by Crippen LogP contribution is 2.26. The number of hydrogen-bond acceptors (Lipinski definition) is 5. The van der Waals surface area contributed by atoms with E-state index in [9.17, 15) is 22.7 Å². The van der Waals surface area contributed by atoms with Gasteiger partial charge in [0.1, 0.15) is 16.5 Å². The molecule has 1 unspecified atom stereocenters. The fourth-order valence-corrected chi connectivity index (χ4v) is 2.90. The molecular formula is C16H17FN2O5S. The van der Waals surface area contributed by atoms with E-state index >= 15 is 0 Å². The number of halogens is 1. The number of carbonyl (C=O) groups is 1. The number of carbonyl (C=O) groups excluding carboxylic acids is 1. The van der Waals surface area contributed by atoms with Crippen molar-refractivity contribution in [2.24, 2.45) is 5.14 Å². The van der Waals surface area contributed by atoms with Crippen LogP contribution >= 0.6 is 0 Å². The summed E-state index contributed by atoms with van der Waals surface area (Å²) in [5.74, 6) is -1.62. The summed E-state index contributed by atoms with van der Waals surface area (Å²) in [4.78, 5) is 11.6. The zero-order valence-electron chi connectivity index (χ0n) is 13.3. The molecule has 0 saturated carbocycles. The summed E-state index contributed by atoms with van der Waals surface area (Å²) in [6.45, 7) is -0.0743. The molecule has 2 aromatic rings. The summed E-state index contributed by atoms with van der Waals surface area (Å²) in [5.41, 5.74) is 0.623. The van der Waals surface area contributed by atoms with E-state index in [0.717, 1.165) is 12.1 Å². The van der Waals surface area contributed by atoms with E-state index in [2.05, 4.69) is 5.32 Å². The minimum Gasteiger partial charge on any atom is -0.508 e. The molecule has 4 N–H and O–H groups in total. The number of amides is 1. The minimum absolute atomic E-state index is 0.0743. The summed E-state index contributed by atoms with van der Waals surface area (Å²) >= 11 is 0. The maximum atomic E-state index is 13.5. The Morgan fingerprint density at radius 2 is 2.00 bits per heavy atom. The molecule has 134 valence electrons. The first-order valence-electron chi connectivity index (χ1n) is 7.13. The molecule has 0 spiro atoms. The van der Waals surface area contributed by atoms with Gasteiger partial charge >= 0.3 is 0 Å². The van der Waals surface area contributed by atoms with Crippen LogP contribution in [0.4, 0.5) is 4.39 Å². The van der Waals surface area contributed by atoms with Gasteiger partial charge in [-0.05, 0) is 23.8 Å². The highest BCUT2D eigenvalue weighted by atomic mass is 32.2. The zero-order chi connectivity index (χ0) is 18.6. The van der Waals surface area contributed by atoms with E-state index < -0.39 is 32.7 Å². The molecule has 0 aliphatic rings. The van der Waals surface area contributed by atoms with Gasteiger partial charge in [0.2, 0.25) is 10.0 Å². The monoisotopic (exact) mass is 368 g/mol. The fourth-order valence-electron chi connectivity index (χ4n) is 2.24. The van der Waals surface area contributed by atoms with E-state index in [1.165, 1.54) is 19.2 Å². The Labute approximate surface area is 144 Å². The van der Waals surface area contributed by atoms with Crippen molar-refractivity contribution < 1.29 is 27.4 Å². The van der Waals surface area contributed by atoms with Crippen molar-refractivity contribution in [3.63, 3.8) is 0 Å². The molecule has 7 nitrogen and oxygen atoms in total. The maximum absolute atomic E-state index is 13.5. The number of para-hydroxylation sites is 1. The normalized spacial score (nSPS) is 12.6. The Hall–Kier alpha value is -2.49. The maximum Gasteiger partial charge on any atom is 0.254 e. The number of ether oxygens (including phenoxy) is 1. The minimum atomic E-state index is -4.21. The van der Waals surface area contributed by atoms with Gasteiger partial charge in [-0.25, -0.2) is 17.9 Å². The number of rotatable bonds is 6. The van der Waals surface area contributed by atoms with Gasteiger partial charge in [0.05, 0.1) is 0 Å². The van der Waals surface area contributed by atoms with E-state index in [1.807, 2.05) is 0 Å². The average Bonchev–Trinajstić information content (AvgIpc) is 2.55. The number of phenols is 1. The van der Waals surface area contributed by atoms with Crippen molar-refractivity contribution in [3.8, 4) is 5.75 Å². The molecule has 0 aliphatic heterocycles. The zero-order valence-corrected chi connectivity index (χ0v) is 14.1. The van der Waals surface area contributed by atoms with E-state index in [0.29, 0.717) is 5.56 Å². The predicted molar refractivity (Wildman–Crippen MR) is 87.5 cm³/mol. The number of primary sulfonamides is 1. The van der Waals surface area contributed by atoms with Crippen LogP contribution in [0.5, 0.6) is 5.75 Å².